The average molecular weight is 269 g/mol. The van der Waals surface area contributed by atoms with E-state index in [1.807, 2.05) is 18.2 Å². The second-order valence-corrected chi connectivity index (χ2v) is 5.39. The molecule has 4 heteroatoms. The Morgan fingerprint density at radius 2 is 2.11 bits per heavy atom. The molecule has 0 aromatic heterocycles. The fourth-order valence-electron chi connectivity index (χ4n) is 2.51. The molecule has 100 valence electrons. The van der Waals surface area contributed by atoms with Crippen LogP contribution in [0.3, 0.4) is 0 Å². The highest BCUT2D eigenvalue weighted by atomic mass is 35.5. The maximum absolute atomic E-state index is 6.20. The molecule has 1 aliphatic rings. The molecule has 0 unspecified atom stereocenters. The third kappa shape index (κ3) is 3.37. The van der Waals surface area contributed by atoms with Gasteiger partial charge in [0.2, 0.25) is 0 Å². The Labute approximate surface area is 114 Å². The number of ether oxygens (including phenoxy) is 1. The highest BCUT2D eigenvalue weighted by Gasteiger charge is 2.20. The number of halogens is 1. The van der Waals surface area contributed by atoms with Crippen molar-refractivity contribution in [2.45, 2.75) is 19.4 Å². The van der Waals surface area contributed by atoms with E-state index in [1.165, 1.54) is 12.8 Å². The zero-order valence-electron chi connectivity index (χ0n) is 10.9. The lowest BCUT2D eigenvalue weighted by Crippen LogP contribution is -2.34. The number of hydrogen-bond donors (Lipinski definition) is 1. The summed E-state index contributed by atoms with van der Waals surface area (Å²) in [6, 6.07) is 5.72. The molecule has 1 aromatic carbocycles. The van der Waals surface area contributed by atoms with E-state index in [0.29, 0.717) is 5.92 Å². The summed E-state index contributed by atoms with van der Waals surface area (Å²) in [6.45, 7) is 3.92. The molecule has 0 aliphatic carbocycles. The minimum absolute atomic E-state index is 0.704. The van der Waals surface area contributed by atoms with Crippen molar-refractivity contribution in [1.29, 1.82) is 0 Å². The molecule has 0 amide bonds. The molecule has 1 fully saturated rings. The van der Waals surface area contributed by atoms with Gasteiger partial charge in [-0.25, -0.2) is 0 Å². The molecule has 2 rings (SSSR count). The van der Waals surface area contributed by atoms with Gasteiger partial charge in [0.05, 0.1) is 0 Å². The first kappa shape index (κ1) is 13.7. The smallest absolute Gasteiger partial charge is 0.0491 e. The third-order valence-electron chi connectivity index (χ3n) is 3.65. The Hall–Kier alpha value is -0.770. The van der Waals surface area contributed by atoms with E-state index in [9.17, 15) is 0 Å². The van der Waals surface area contributed by atoms with Crippen molar-refractivity contribution >= 4 is 17.3 Å². The maximum Gasteiger partial charge on any atom is 0.0491 e. The fourth-order valence-corrected chi connectivity index (χ4v) is 2.75. The molecule has 0 spiro atoms. The minimum atomic E-state index is 0.704. The number of rotatable bonds is 4. The molecule has 0 radical (unpaired) electrons. The lowest BCUT2D eigenvalue weighted by Gasteiger charge is -2.32. The molecular formula is C14H21ClN2O. The molecule has 1 aromatic rings. The zero-order valence-corrected chi connectivity index (χ0v) is 11.6. The van der Waals surface area contributed by atoms with Crippen molar-refractivity contribution in [3.05, 3.63) is 28.8 Å². The summed E-state index contributed by atoms with van der Waals surface area (Å²) in [5.74, 6) is 0.704. The molecule has 3 nitrogen and oxygen atoms in total. The molecule has 0 saturated carbocycles. The lowest BCUT2D eigenvalue weighted by molar-refractivity contribution is 0.0969. The standard InChI is InChI=1S/C14H21ClN2O/c1-18-10-11-5-7-17(8-6-11)9-12-13(15)3-2-4-14(12)16/h2-4,11H,5-10,16H2,1H3. The minimum Gasteiger partial charge on any atom is -0.398 e. The van der Waals surface area contributed by atoms with Crippen molar-refractivity contribution in [3.8, 4) is 0 Å². The highest BCUT2D eigenvalue weighted by molar-refractivity contribution is 6.31. The first-order valence-corrected chi connectivity index (χ1v) is 6.82. The first-order chi connectivity index (χ1) is 8.70. The number of nitrogens with two attached hydrogens (primary N) is 1. The van der Waals surface area contributed by atoms with Gasteiger partial charge < -0.3 is 10.5 Å². The summed E-state index contributed by atoms with van der Waals surface area (Å²) in [5.41, 5.74) is 7.84. The molecule has 1 saturated heterocycles. The Balaban J connectivity index is 1.92. The van der Waals surface area contributed by atoms with Crippen LogP contribution in [0.15, 0.2) is 18.2 Å². The van der Waals surface area contributed by atoms with Crippen molar-refractivity contribution in [1.82, 2.24) is 4.90 Å². The Kier molecular flexibility index (Phi) is 4.87. The molecule has 0 bridgehead atoms. The molecular weight excluding hydrogens is 248 g/mol. The lowest BCUT2D eigenvalue weighted by atomic mass is 9.97. The van der Waals surface area contributed by atoms with Crippen LogP contribution >= 0.6 is 11.6 Å². The van der Waals surface area contributed by atoms with Crippen LogP contribution in [-0.4, -0.2) is 31.7 Å². The third-order valence-corrected chi connectivity index (χ3v) is 4.00. The maximum atomic E-state index is 6.20. The highest BCUT2D eigenvalue weighted by Crippen LogP contribution is 2.26. The van der Waals surface area contributed by atoms with E-state index in [1.54, 1.807) is 7.11 Å². The summed E-state index contributed by atoms with van der Waals surface area (Å²) in [4.78, 5) is 2.42. The van der Waals surface area contributed by atoms with E-state index < -0.39 is 0 Å². The van der Waals surface area contributed by atoms with Gasteiger partial charge >= 0.3 is 0 Å². The van der Waals surface area contributed by atoms with E-state index in [0.717, 1.165) is 42.5 Å². The van der Waals surface area contributed by atoms with Gasteiger partial charge in [0.1, 0.15) is 0 Å². The zero-order chi connectivity index (χ0) is 13.0. The van der Waals surface area contributed by atoms with Gasteiger partial charge in [0.25, 0.3) is 0 Å². The van der Waals surface area contributed by atoms with Gasteiger partial charge in [-0.3, -0.25) is 4.90 Å². The second kappa shape index (κ2) is 6.41. The molecule has 1 aliphatic heterocycles. The number of nitrogens with zero attached hydrogens (tertiary/aromatic N) is 1. The van der Waals surface area contributed by atoms with Crippen LogP contribution in [0.5, 0.6) is 0 Å². The van der Waals surface area contributed by atoms with Gasteiger partial charge in [-0.05, 0) is 44.0 Å². The topological polar surface area (TPSA) is 38.5 Å². The molecule has 2 N–H and O–H groups in total. The first-order valence-electron chi connectivity index (χ1n) is 6.45. The Morgan fingerprint density at radius 3 is 2.72 bits per heavy atom. The van der Waals surface area contributed by atoms with Gasteiger partial charge in [0, 0.05) is 36.5 Å². The summed E-state index contributed by atoms with van der Waals surface area (Å²) >= 11 is 6.20. The van der Waals surface area contributed by atoms with Crippen LogP contribution in [0.25, 0.3) is 0 Å². The van der Waals surface area contributed by atoms with E-state index in [4.69, 9.17) is 22.1 Å². The van der Waals surface area contributed by atoms with E-state index >= 15 is 0 Å². The van der Waals surface area contributed by atoms with Crippen LogP contribution in [-0.2, 0) is 11.3 Å². The van der Waals surface area contributed by atoms with Gasteiger partial charge in [-0.15, -0.1) is 0 Å². The monoisotopic (exact) mass is 268 g/mol. The van der Waals surface area contributed by atoms with Crippen LogP contribution in [0, 0.1) is 5.92 Å². The number of anilines is 1. The number of piperidine rings is 1. The Bertz CT molecular complexity index is 369. The van der Waals surface area contributed by atoms with Crippen LogP contribution in [0.1, 0.15) is 18.4 Å². The van der Waals surface area contributed by atoms with Crippen LogP contribution < -0.4 is 5.73 Å². The van der Waals surface area contributed by atoms with Crippen molar-refractivity contribution in [2.75, 3.05) is 32.5 Å². The normalized spacial score (nSPS) is 18.1. The number of hydrogen-bond acceptors (Lipinski definition) is 3. The average Bonchev–Trinajstić information content (AvgIpc) is 2.36. The number of benzene rings is 1. The van der Waals surface area contributed by atoms with E-state index in [2.05, 4.69) is 4.90 Å². The van der Waals surface area contributed by atoms with Gasteiger partial charge in [-0.2, -0.15) is 0 Å². The summed E-state index contributed by atoms with van der Waals surface area (Å²) in [6.07, 6.45) is 2.39. The SMILES string of the molecule is COCC1CCN(Cc2c(N)cccc2Cl)CC1. The largest absolute Gasteiger partial charge is 0.398 e. The van der Waals surface area contributed by atoms with Crippen molar-refractivity contribution < 1.29 is 4.74 Å². The molecule has 1 heterocycles. The summed E-state index contributed by atoms with van der Waals surface area (Å²) in [7, 11) is 1.77. The number of nitrogen functional groups attached to an aromatic ring is 1. The fraction of sp³-hybridized carbons (Fsp3) is 0.571. The predicted octanol–water partition coefficient (Wildman–Crippen LogP) is 2.78. The predicted molar refractivity (Wildman–Crippen MR) is 75.7 cm³/mol. The van der Waals surface area contributed by atoms with Gasteiger partial charge in [-0.1, -0.05) is 17.7 Å². The number of likely N-dealkylation sites (tertiary alicyclic amines) is 1. The number of methoxy groups -OCH3 is 1. The van der Waals surface area contributed by atoms with Gasteiger partial charge in [0.15, 0.2) is 0 Å². The van der Waals surface area contributed by atoms with Crippen molar-refractivity contribution in [3.63, 3.8) is 0 Å². The van der Waals surface area contributed by atoms with E-state index in [-0.39, 0.29) is 0 Å². The quantitative estimate of drug-likeness (QED) is 0.854. The van der Waals surface area contributed by atoms with Crippen LogP contribution in [0.2, 0.25) is 5.02 Å². The van der Waals surface area contributed by atoms with Crippen LogP contribution in [0.4, 0.5) is 5.69 Å². The Morgan fingerprint density at radius 1 is 1.39 bits per heavy atom. The second-order valence-electron chi connectivity index (χ2n) is 4.98. The summed E-state index contributed by atoms with van der Waals surface area (Å²) < 4.78 is 5.21. The van der Waals surface area contributed by atoms with Crippen molar-refractivity contribution in [2.24, 2.45) is 5.92 Å². The summed E-state index contributed by atoms with van der Waals surface area (Å²) in [5, 5.41) is 0.772. The molecule has 0 atom stereocenters. The molecule has 18 heavy (non-hydrogen) atoms.